The van der Waals surface area contributed by atoms with Crippen molar-refractivity contribution >= 4 is 16.6 Å². The van der Waals surface area contributed by atoms with E-state index < -0.39 is 0 Å². The number of ether oxygens (including phenoxy) is 1. The van der Waals surface area contributed by atoms with Crippen molar-refractivity contribution in [3.05, 3.63) is 60.6 Å². The number of aliphatic hydroxyl groups is 1. The Kier molecular flexibility index (Phi) is 3.78. The summed E-state index contributed by atoms with van der Waals surface area (Å²) in [6.45, 7) is 0.593. The zero-order chi connectivity index (χ0) is 16.5. The molecule has 4 rings (SSSR count). The highest BCUT2D eigenvalue weighted by atomic mass is 16.5. The van der Waals surface area contributed by atoms with Gasteiger partial charge in [-0.05, 0) is 36.2 Å². The molecule has 1 N–H and O–H groups in total. The highest BCUT2D eigenvalue weighted by molar-refractivity contribution is 5.91. The van der Waals surface area contributed by atoms with E-state index in [2.05, 4.69) is 20.9 Å². The number of methoxy groups -OCH3 is 1. The molecule has 0 aliphatic carbocycles. The third-order valence-electron chi connectivity index (χ3n) is 4.59. The number of rotatable bonds is 3. The van der Waals surface area contributed by atoms with Gasteiger partial charge in [0.05, 0.1) is 24.8 Å². The molecule has 0 spiro atoms. The Bertz CT molecular complexity index is 863. The highest BCUT2D eigenvalue weighted by Gasteiger charge is 2.33. The first-order valence-corrected chi connectivity index (χ1v) is 8.03. The molecule has 122 valence electrons. The van der Waals surface area contributed by atoms with E-state index in [-0.39, 0.29) is 12.1 Å². The molecule has 5 nitrogen and oxygen atoms in total. The summed E-state index contributed by atoms with van der Waals surface area (Å²) in [5.74, 6) is 0.829. The van der Waals surface area contributed by atoms with Crippen molar-refractivity contribution in [2.45, 2.75) is 18.6 Å². The maximum Gasteiger partial charge on any atom is 0.119 e. The molecule has 1 aliphatic rings. The van der Waals surface area contributed by atoms with Gasteiger partial charge in [0.1, 0.15) is 5.75 Å². The van der Waals surface area contributed by atoms with Crippen LogP contribution >= 0.6 is 0 Å². The van der Waals surface area contributed by atoms with E-state index in [4.69, 9.17) is 4.74 Å². The molecule has 3 heterocycles. The minimum atomic E-state index is -0.360. The fourth-order valence-electron chi connectivity index (χ4n) is 3.47. The zero-order valence-electron chi connectivity index (χ0n) is 13.5. The Hall–Kier alpha value is -2.66. The van der Waals surface area contributed by atoms with Gasteiger partial charge in [-0.3, -0.25) is 9.97 Å². The number of aliphatic hydroxyl groups excluding tert-OH is 1. The van der Waals surface area contributed by atoms with Crippen LogP contribution in [0.15, 0.2) is 55.0 Å². The van der Waals surface area contributed by atoms with Gasteiger partial charge in [-0.15, -0.1) is 0 Å². The second-order valence-electron chi connectivity index (χ2n) is 6.06. The lowest BCUT2D eigenvalue weighted by molar-refractivity contribution is 0.194. The fraction of sp³-hybridized carbons (Fsp3) is 0.263. The van der Waals surface area contributed by atoms with Crippen LogP contribution in [0, 0.1) is 0 Å². The maximum atomic E-state index is 10.3. The second-order valence-corrected chi connectivity index (χ2v) is 6.06. The smallest absolute Gasteiger partial charge is 0.119 e. The lowest BCUT2D eigenvalue weighted by atomic mass is 10.0. The molecule has 3 aromatic rings. The number of hydrogen-bond acceptors (Lipinski definition) is 5. The van der Waals surface area contributed by atoms with Gasteiger partial charge in [0.15, 0.2) is 0 Å². The van der Waals surface area contributed by atoms with Crippen molar-refractivity contribution in [2.75, 3.05) is 18.6 Å². The third kappa shape index (κ3) is 2.57. The Morgan fingerprint density at radius 3 is 3.00 bits per heavy atom. The second kappa shape index (κ2) is 6.09. The van der Waals surface area contributed by atoms with E-state index in [0.29, 0.717) is 13.0 Å². The SMILES string of the molecule is COc1cccc([C@H]2C[C@@H](O)CN2c2ccnc3ccncc23)c1. The number of benzene rings is 1. The van der Waals surface area contributed by atoms with Crippen LogP contribution in [0.5, 0.6) is 5.75 Å². The molecule has 0 saturated carbocycles. The molecule has 0 bridgehead atoms. The Morgan fingerprint density at radius 1 is 1.21 bits per heavy atom. The maximum absolute atomic E-state index is 10.3. The largest absolute Gasteiger partial charge is 0.497 e. The number of anilines is 1. The Labute approximate surface area is 140 Å². The summed E-state index contributed by atoms with van der Waals surface area (Å²) in [6, 6.07) is 12.0. The van der Waals surface area contributed by atoms with Crippen LogP contribution in [-0.2, 0) is 0 Å². The van der Waals surface area contributed by atoms with Gasteiger partial charge in [-0.25, -0.2) is 0 Å². The molecule has 1 aliphatic heterocycles. The average Bonchev–Trinajstić information content (AvgIpc) is 3.03. The number of nitrogens with zero attached hydrogens (tertiary/aromatic N) is 3. The standard InChI is InChI=1S/C19H19N3O2/c1-24-15-4-2-3-13(9-15)19-10-14(23)12-22(19)18-6-8-21-17-5-7-20-11-16(17)18/h2-9,11,14,19,23H,10,12H2,1H3/t14-,19-/m1/s1. The van der Waals surface area contributed by atoms with Gasteiger partial charge >= 0.3 is 0 Å². The Balaban J connectivity index is 1.80. The van der Waals surface area contributed by atoms with Crippen molar-refractivity contribution in [1.82, 2.24) is 9.97 Å². The lowest BCUT2D eigenvalue weighted by Gasteiger charge is -2.28. The molecule has 2 atom stereocenters. The summed E-state index contributed by atoms with van der Waals surface area (Å²) < 4.78 is 5.35. The van der Waals surface area contributed by atoms with Crippen LogP contribution in [0.1, 0.15) is 18.0 Å². The van der Waals surface area contributed by atoms with Crippen molar-refractivity contribution in [3.63, 3.8) is 0 Å². The van der Waals surface area contributed by atoms with Gasteiger partial charge in [0, 0.05) is 36.2 Å². The zero-order valence-corrected chi connectivity index (χ0v) is 13.5. The summed E-state index contributed by atoms with van der Waals surface area (Å²) in [7, 11) is 1.67. The monoisotopic (exact) mass is 321 g/mol. The molecule has 2 aromatic heterocycles. The van der Waals surface area contributed by atoms with Gasteiger partial charge in [-0.2, -0.15) is 0 Å². The summed E-state index contributed by atoms with van der Waals surface area (Å²) in [4.78, 5) is 10.9. The van der Waals surface area contributed by atoms with E-state index >= 15 is 0 Å². The molecule has 0 unspecified atom stereocenters. The van der Waals surface area contributed by atoms with Gasteiger partial charge < -0.3 is 14.7 Å². The minimum Gasteiger partial charge on any atom is -0.497 e. The van der Waals surface area contributed by atoms with Crippen molar-refractivity contribution in [1.29, 1.82) is 0 Å². The van der Waals surface area contributed by atoms with Gasteiger partial charge in [-0.1, -0.05) is 12.1 Å². The predicted molar refractivity (Wildman–Crippen MR) is 93.2 cm³/mol. The van der Waals surface area contributed by atoms with E-state index in [1.165, 1.54) is 0 Å². The van der Waals surface area contributed by atoms with Crippen LogP contribution < -0.4 is 9.64 Å². The fourth-order valence-corrected chi connectivity index (χ4v) is 3.47. The van der Waals surface area contributed by atoms with Crippen LogP contribution in [0.25, 0.3) is 10.9 Å². The van der Waals surface area contributed by atoms with Crippen molar-refractivity contribution in [3.8, 4) is 5.75 Å². The lowest BCUT2D eigenvalue weighted by Crippen LogP contribution is -2.24. The molecule has 1 fully saturated rings. The normalized spacial score (nSPS) is 20.5. The van der Waals surface area contributed by atoms with Crippen LogP contribution in [0.2, 0.25) is 0 Å². The summed E-state index contributed by atoms with van der Waals surface area (Å²) in [6.07, 6.45) is 5.73. The van der Waals surface area contributed by atoms with Crippen LogP contribution in [-0.4, -0.2) is 34.8 Å². The summed E-state index contributed by atoms with van der Waals surface area (Å²) in [5, 5.41) is 11.3. The summed E-state index contributed by atoms with van der Waals surface area (Å²) in [5.41, 5.74) is 3.10. The van der Waals surface area contributed by atoms with E-state index in [1.54, 1.807) is 13.3 Å². The quantitative estimate of drug-likeness (QED) is 0.804. The number of β-amino-alcohol motifs (C(OH)–C–C–N with tert-alkyl or cyclic N) is 1. The molecular weight excluding hydrogens is 302 g/mol. The van der Waals surface area contributed by atoms with Crippen molar-refractivity contribution in [2.24, 2.45) is 0 Å². The minimum absolute atomic E-state index is 0.0981. The van der Waals surface area contributed by atoms with Gasteiger partial charge in [0.2, 0.25) is 0 Å². The Morgan fingerprint density at radius 2 is 2.12 bits per heavy atom. The van der Waals surface area contributed by atoms with E-state index in [9.17, 15) is 5.11 Å². The third-order valence-corrected chi connectivity index (χ3v) is 4.59. The molecule has 0 radical (unpaired) electrons. The topological polar surface area (TPSA) is 58.5 Å². The first-order valence-electron chi connectivity index (χ1n) is 8.03. The first-order chi connectivity index (χ1) is 11.8. The number of aromatic nitrogens is 2. The molecule has 24 heavy (non-hydrogen) atoms. The van der Waals surface area contributed by atoms with E-state index in [1.807, 2.05) is 42.7 Å². The van der Waals surface area contributed by atoms with E-state index in [0.717, 1.165) is 27.9 Å². The first kappa shape index (κ1) is 14.9. The van der Waals surface area contributed by atoms with Crippen LogP contribution in [0.3, 0.4) is 0 Å². The molecule has 5 heteroatoms. The van der Waals surface area contributed by atoms with Crippen molar-refractivity contribution < 1.29 is 9.84 Å². The molecule has 0 amide bonds. The molecular formula is C19H19N3O2. The number of fused-ring (bicyclic) bond motifs is 1. The average molecular weight is 321 g/mol. The number of pyridine rings is 2. The highest BCUT2D eigenvalue weighted by Crippen LogP contribution is 2.39. The number of hydrogen-bond donors (Lipinski definition) is 1. The molecule has 1 aromatic carbocycles. The molecule has 1 saturated heterocycles. The predicted octanol–water partition coefficient (Wildman–Crippen LogP) is 2.95. The van der Waals surface area contributed by atoms with Crippen LogP contribution in [0.4, 0.5) is 5.69 Å². The summed E-state index contributed by atoms with van der Waals surface area (Å²) >= 11 is 0. The van der Waals surface area contributed by atoms with Gasteiger partial charge in [0.25, 0.3) is 0 Å².